The first kappa shape index (κ1) is 12.8. The summed E-state index contributed by atoms with van der Waals surface area (Å²) in [6.07, 6.45) is 3.11. The number of hydrogen-bond donors (Lipinski definition) is 1. The molecule has 3 rings (SSSR count). The minimum Gasteiger partial charge on any atom is -0.271 e. The topological polar surface area (TPSA) is 64.0 Å². The number of rotatable bonds is 4. The molecule has 0 atom stereocenters. The van der Waals surface area contributed by atoms with Crippen LogP contribution < -0.4 is 4.72 Å². The molecule has 0 bridgehead atoms. The highest BCUT2D eigenvalue weighted by Gasteiger charge is 2.22. The molecular formula is C12H15N3O2S2. The lowest BCUT2D eigenvalue weighted by Gasteiger charge is -2.07. The predicted molar refractivity (Wildman–Crippen MR) is 73.6 cm³/mol. The number of aromatic nitrogens is 2. The smallest absolute Gasteiger partial charge is 0.250 e. The van der Waals surface area contributed by atoms with Gasteiger partial charge in [-0.25, -0.2) is 13.1 Å². The molecule has 0 spiro atoms. The molecule has 5 nitrogen and oxygen atoms in total. The summed E-state index contributed by atoms with van der Waals surface area (Å²) in [5.74, 6) is 0. The van der Waals surface area contributed by atoms with Crippen molar-refractivity contribution in [2.45, 2.75) is 30.0 Å². The molecule has 7 heteroatoms. The zero-order chi connectivity index (χ0) is 13.5. The molecular weight excluding hydrogens is 282 g/mol. The maximum Gasteiger partial charge on any atom is 0.250 e. The van der Waals surface area contributed by atoms with E-state index in [0.717, 1.165) is 30.7 Å². The van der Waals surface area contributed by atoms with Crippen LogP contribution in [0.2, 0.25) is 0 Å². The Hall–Kier alpha value is -1.18. The van der Waals surface area contributed by atoms with Gasteiger partial charge in [-0.2, -0.15) is 5.10 Å². The Labute approximate surface area is 116 Å². The maximum absolute atomic E-state index is 12.1. The van der Waals surface area contributed by atoms with Gasteiger partial charge in [0.25, 0.3) is 0 Å². The maximum atomic E-state index is 12.1. The van der Waals surface area contributed by atoms with Crippen LogP contribution in [0.3, 0.4) is 0 Å². The van der Waals surface area contributed by atoms with E-state index in [1.54, 1.807) is 22.2 Å². The Morgan fingerprint density at radius 3 is 3.05 bits per heavy atom. The van der Waals surface area contributed by atoms with Crippen molar-refractivity contribution >= 4 is 21.4 Å². The number of aryl methyl sites for hydroxylation is 2. The average molecular weight is 297 g/mol. The number of sulfonamides is 1. The van der Waals surface area contributed by atoms with E-state index in [1.807, 2.05) is 7.05 Å². The molecule has 0 aromatic carbocycles. The first-order chi connectivity index (χ1) is 9.08. The normalized spacial score (nSPS) is 14.8. The fourth-order valence-corrected chi connectivity index (χ4v) is 4.48. The molecule has 0 amide bonds. The third kappa shape index (κ3) is 2.33. The van der Waals surface area contributed by atoms with Gasteiger partial charge in [0.1, 0.15) is 4.21 Å². The van der Waals surface area contributed by atoms with Gasteiger partial charge in [-0.05, 0) is 36.3 Å². The monoisotopic (exact) mass is 297 g/mol. The van der Waals surface area contributed by atoms with E-state index in [4.69, 9.17) is 0 Å². The molecule has 2 aromatic heterocycles. The summed E-state index contributed by atoms with van der Waals surface area (Å²) < 4.78 is 28.9. The van der Waals surface area contributed by atoms with Gasteiger partial charge in [0, 0.05) is 7.05 Å². The lowest BCUT2D eigenvalue weighted by molar-refractivity contribution is 0.578. The zero-order valence-corrected chi connectivity index (χ0v) is 12.2. The summed E-state index contributed by atoms with van der Waals surface area (Å²) in [4.78, 5) is 0. The van der Waals surface area contributed by atoms with Gasteiger partial charge >= 0.3 is 0 Å². The van der Waals surface area contributed by atoms with Crippen LogP contribution in [0.4, 0.5) is 0 Å². The first-order valence-corrected chi connectivity index (χ1v) is 8.51. The molecule has 1 aliphatic carbocycles. The minimum atomic E-state index is -3.40. The molecule has 19 heavy (non-hydrogen) atoms. The zero-order valence-electron chi connectivity index (χ0n) is 10.6. The van der Waals surface area contributed by atoms with Crippen LogP contribution in [0.15, 0.2) is 21.7 Å². The molecule has 0 unspecified atom stereocenters. The summed E-state index contributed by atoms with van der Waals surface area (Å²) >= 11 is 1.22. The van der Waals surface area contributed by atoms with E-state index in [2.05, 4.69) is 9.82 Å². The number of nitrogens with zero attached hydrogens (tertiary/aromatic N) is 2. The third-order valence-electron chi connectivity index (χ3n) is 3.39. The van der Waals surface area contributed by atoms with E-state index in [-0.39, 0.29) is 0 Å². The van der Waals surface area contributed by atoms with Crippen LogP contribution in [-0.2, 0) is 36.5 Å². The minimum absolute atomic E-state index is 0.305. The lowest BCUT2D eigenvalue weighted by atomic mass is 10.2. The van der Waals surface area contributed by atoms with Crippen molar-refractivity contribution in [2.75, 3.05) is 0 Å². The van der Waals surface area contributed by atoms with E-state index in [9.17, 15) is 8.42 Å². The molecule has 0 aliphatic heterocycles. The van der Waals surface area contributed by atoms with Gasteiger partial charge in [0.05, 0.1) is 17.9 Å². The van der Waals surface area contributed by atoms with Gasteiger partial charge in [-0.15, -0.1) is 11.3 Å². The molecule has 1 N–H and O–H groups in total. The molecule has 2 aromatic rings. The molecule has 102 valence electrons. The fourth-order valence-electron chi connectivity index (χ4n) is 2.46. The second-order valence-electron chi connectivity index (χ2n) is 4.61. The molecule has 0 radical (unpaired) electrons. The predicted octanol–water partition coefficient (Wildman–Crippen LogP) is 1.45. The van der Waals surface area contributed by atoms with Crippen LogP contribution in [0, 0.1) is 0 Å². The molecule has 0 fully saturated rings. The highest BCUT2D eigenvalue weighted by molar-refractivity contribution is 7.91. The number of thiophene rings is 1. The van der Waals surface area contributed by atoms with E-state index in [0.29, 0.717) is 10.8 Å². The highest BCUT2D eigenvalue weighted by Crippen LogP contribution is 2.24. The van der Waals surface area contributed by atoms with Gasteiger partial charge < -0.3 is 0 Å². The lowest BCUT2D eigenvalue weighted by Crippen LogP contribution is -2.24. The van der Waals surface area contributed by atoms with Crippen LogP contribution in [0.25, 0.3) is 0 Å². The standard InChI is InChI=1S/C12H15N3O2S2/c1-15-11(9-4-2-5-10(9)14-15)8-13-19(16,17)12-6-3-7-18-12/h3,6-7,13H,2,4-5,8H2,1H3. The SMILES string of the molecule is Cn1nc2c(c1CNS(=O)(=O)c1cccs1)CCC2. The molecule has 1 aliphatic rings. The van der Waals surface area contributed by atoms with Crippen molar-refractivity contribution in [1.82, 2.24) is 14.5 Å². The molecule has 0 saturated heterocycles. The summed E-state index contributed by atoms with van der Waals surface area (Å²) in [6.45, 7) is 0.305. The van der Waals surface area contributed by atoms with Crippen molar-refractivity contribution in [1.29, 1.82) is 0 Å². The summed E-state index contributed by atoms with van der Waals surface area (Å²) in [6, 6.07) is 3.35. The van der Waals surface area contributed by atoms with Crippen molar-refractivity contribution in [3.05, 3.63) is 34.5 Å². The summed E-state index contributed by atoms with van der Waals surface area (Å²) in [7, 11) is -1.53. The van der Waals surface area contributed by atoms with Crippen molar-refractivity contribution < 1.29 is 8.42 Å². The van der Waals surface area contributed by atoms with Gasteiger partial charge in [0.15, 0.2) is 0 Å². The Morgan fingerprint density at radius 2 is 2.32 bits per heavy atom. The number of fused-ring (bicyclic) bond motifs is 1. The number of nitrogens with one attached hydrogen (secondary N) is 1. The van der Waals surface area contributed by atoms with E-state index >= 15 is 0 Å². The highest BCUT2D eigenvalue weighted by atomic mass is 32.2. The average Bonchev–Trinajstić information content (AvgIpc) is 3.02. The Bertz CT molecular complexity index is 687. The van der Waals surface area contributed by atoms with E-state index < -0.39 is 10.0 Å². The fraction of sp³-hybridized carbons (Fsp3) is 0.417. The Balaban J connectivity index is 1.81. The summed E-state index contributed by atoms with van der Waals surface area (Å²) in [5, 5.41) is 6.20. The van der Waals surface area contributed by atoms with Crippen LogP contribution in [0.1, 0.15) is 23.4 Å². The molecule has 0 saturated carbocycles. The number of hydrogen-bond acceptors (Lipinski definition) is 4. The second kappa shape index (κ2) is 4.73. The van der Waals surface area contributed by atoms with Crippen molar-refractivity contribution in [2.24, 2.45) is 7.05 Å². The third-order valence-corrected chi connectivity index (χ3v) is 6.19. The Kier molecular flexibility index (Phi) is 3.20. The van der Waals surface area contributed by atoms with Crippen molar-refractivity contribution in [3.63, 3.8) is 0 Å². The van der Waals surface area contributed by atoms with Gasteiger partial charge in [-0.3, -0.25) is 4.68 Å². The van der Waals surface area contributed by atoms with Gasteiger partial charge in [-0.1, -0.05) is 6.07 Å². The Morgan fingerprint density at radius 1 is 1.47 bits per heavy atom. The largest absolute Gasteiger partial charge is 0.271 e. The van der Waals surface area contributed by atoms with Crippen LogP contribution in [-0.4, -0.2) is 18.2 Å². The quantitative estimate of drug-likeness (QED) is 0.929. The van der Waals surface area contributed by atoms with Crippen LogP contribution >= 0.6 is 11.3 Å². The molecule has 2 heterocycles. The van der Waals surface area contributed by atoms with Crippen LogP contribution in [0.5, 0.6) is 0 Å². The van der Waals surface area contributed by atoms with Gasteiger partial charge in [0.2, 0.25) is 10.0 Å². The summed E-state index contributed by atoms with van der Waals surface area (Å²) in [5.41, 5.74) is 3.32. The second-order valence-corrected chi connectivity index (χ2v) is 7.55. The van der Waals surface area contributed by atoms with Crippen molar-refractivity contribution in [3.8, 4) is 0 Å². The first-order valence-electron chi connectivity index (χ1n) is 6.15. The van der Waals surface area contributed by atoms with E-state index in [1.165, 1.54) is 16.9 Å².